The summed E-state index contributed by atoms with van der Waals surface area (Å²) in [6.07, 6.45) is 11.0. The molecule has 0 radical (unpaired) electrons. The summed E-state index contributed by atoms with van der Waals surface area (Å²) in [7, 11) is 0. The Morgan fingerprint density at radius 3 is 2.66 bits per heavy atom. The Balaban J connectivity index is 1.09. The third kappa shape index (κ3) is 4.51. The molecule has 2 heterocycles. The van der Waals surface area contributed by atoms with Crippen molar-refractivity contribution in [1.29, 1.82) is 0 Å². The van der Waals surface area contributed by atoms with Crippen molar-refractivity contribution in [3.05, 3.63) is 34.4 Å². The molecule has 1 saturated heterocycles. The van der Waals surface area contributed by atoms with Crippen LogP contribution in [0.25, 0.3) is 0 Å². The van der Waals surface area contributed by atoms with Gasteiger partial charge in [-0.05, 0) is 123 Å². The SMILES string of the molecule is CC12CCC3C(CCC4CC(OC(=O)OCCN5CCCC5)CC(O)C43C)C1CCC2c1ccc(=O)oc1. The first-order valence-corrected chi connectivity index (χ1v) is 15.1. The molecule has 0 bridgehead atoms. The van der Waals surface area contributed by atoms with E-state index in [4.69, 9.17) is 13.9 Å². The van der Waals surface area contributed by atoms with Crippen molar-refractivity contribution in [2.75, 3.05) is 26.2 Å². The minimum Gasteiger partial charge on any atom is -0.433 e. The number of hydrogen-bond donors (Lipinski definition) is 1. The maximum Gasteiger partial charge on any atom is 0.508 e. The number of nitrogens with zero attached hydrogens (tertiary/aromatic N) is 1. The van der Waals surface area contributed by atoms with Gasteiger partial charge in [0.05, 0.1) is 12.4 Å². The second-order valence-corrected chi connectivity index (χ2v) is 13.5. The van der Waals surface area contributed by atoms with Crippen LogP contribution in [0.15, 0.2) is 27.6 Å². The normalized spacial score (nSPS) is 42.7. The molecule has 5 aliphatic rings. The molecule has 1 aromatic heterocycles. The maximum atomic E-state index is 12.4. The second-order valence-electron chi connectivity index (χ2n) is 13.5. The van der Waals surface area contributed by atoms with E-state index in [2.05, 4.69) is 18.7 Å². The summed E-state index contributed by atoms with van der Waals surface area (Å²) in [6, 6.07) is 3.53. The predicted octanol–water partition coefficient (Wildman–Crippen LogP) is 5.35. The predicted molar refractivity (Wildman–Crippen MR) is 143 cm³/mol. The van der Waals surface area contributed by atoms with E-state index in [-0.39, 0.29) is 22.6 Å². The van der Waals surface area contributed by atoms with Crippen molar-refractivity contribution in [1.82, 2.24) is 4.90 Å². The number of likely N-dealkylation sites (tertiary alicyclic amines) is 1. The first kappa shape index (κ1) is 26.4. The fraction of sp³-hybridized carbons (Fsp3) is 0.806. The first-order valence-electron chi connectivity index (χ1n) is 15.1. The van der Waals surface area contributed by atoms with Gasteiger partial charge in [0, 0.05) is 19.0 Å². The quantitative estimate of drug-likeness (QED) is 0.516. The molecule has 1 N–H and O–H groups in total. The Kier molecular flexibility index (Phi) is 7.13. The monoisotopic (exact) mass is 527 g/mol. The van der Waals surface area contributed by atoms with Gasteiger partial charge in [0.1, 0.15) is 12.7 Å². The van der Waals surface area contributed by atoms with Gasteiger partial charge in [-0.15, -0.1) is 0 Å². The van der Waals surface area contributed by atoms with Crippen molar-refractivity contribution < 1.29 is 23.8 Å². The average Bonchev–Trinajstić information content (AvgIpc) is 3.53. The van der Waals surface area contributed by atoms with Gasteiger partial charge in [0.25, 0.3) is 0 Å². The number of rotatable bonds is 5. The lowest BCUT2D eigenvalue weighted by atomic mass is 9.44. The molecule has 0 spiro atoms. The Hall–Kier alpha value is -1.86. The van der Waals surface area contributed by atoms with E-state index in [1.54, 1.807) is 12.3 Å². The maximum absolute atomic E-state index is 12.4. The first-order chi connectivity index (χ1) is 18.3. The summed E-state index contributed by atoms with van der Waals surface area (Å²) in [5.41, 5.74) is 0.945. The molecule has 210 valence electrons. The lowest BCUT2D eigenvalue weighted by molar-refractivity contribution is -0.181. The van der Waals surface area contributed by atoms with Crippen LogP contribution in [-0.2, 0) is 9.47 Å². The van der Waals surface area contributed by atoms with Gasteiger partial charge in [-0.25, -0.2) is 9.59 Å². The molecule has 0 amide bonds. The zero-order chi connectivity index (χ0) is 26.5. The summed E-state index contributed by atoms with van der Waals surface area (Å²) in [5.74, 6) is 2.52. The molecule has 1 aliphatic heterocycles. The number of aliphatic hydroxyl groups excluding tert-OH is 1. The molecule has 4 saturated carbocycles. The van der Waals surface area contributed by atoms with Crippen LogP contribution in [0.3, 0.4) is 0 Å². The lowest BCUT2D eigenvalue weighted by Crippen LogP contribution is -2.59. The van der Waals surface area contributed by atoms with Crippen molar-refractivity contribution in [2.24, 2.45) is 34.5 Å². The van der Waals surface area contributed by atoms with Crippen LogP contribution in [0.5, 0.6) is 0 Å². The molecule has 6 rings (SSSR count). The number of ether oxygens (including phenoxy) is 2. The van der Waals surface area contributed by atoms with Crippen molar-refractivity contribution in [3.8, 4) is 0 Å². The highest BCUT2D eigenvalue weighted by Gasteiger charge is 2.62. The van der Waals surface area contributed by atoms with E-state index in [1.807, 2.05) is 6.07 Å². The zero-order valence-corrected chi connectivity index (χ0v) is 23.1. The summed E-state index contributed by atoms with van der Waals surface area (Å²) in [6.45, 7) is 8.09. The standard InChI is InChI=1S/C31H45NO6/c1-30-12-11-26-23(25(30)9-8-24(30)20-5-10-28(34)37-19-20)7-6-21-17-22(18-27(33)31(21,26)2)38-29(35)36-16-15-32-13-3-4-14-32/h5,10,19,21-27,33H,3-4,6-9,11-18H2,1-2H3. The van der Waals surface area contributed by atoms with Crippen LogP contribution in [-0.4, -0.2) is 54.6 Å². The van der Waals surface area contributed by atoms with Gasteiger partial charge in [-0.3, -0.25) is 4.90 Å². The Morgan fingerprint density at radius 1 is 1.08 bits per heavy atom. The molecular weight excluding hydrogens is 482 g/mol. The van der Waals surface area contributed by atoms with Crippen LogP contribution in [0.2, 0.25) is 0 Å². The van der Waals surface area contributed by atoms with Gasteiger partial charge >= 0.3 is 11.8 Å². The van der Waals surface area contributed by atoms with E-state index in [0.717, 1.165) is 57.3 Å². The molecule has 5 fully saturated rings. The molecule has 9 unspecified atom stereocenters. The van der Waals surface area contributed by atoms with Crippen LogP contribution in [0, 0.1) is 34.5 Å². The Labute approximate surface area is 226 Å². The third-order valence-electron chi connectivity index (χ3n) is 11.9. The van der Waals surface area contributed by atoms with E-state index in [1.165, 1.54) is 25.7 Å². The minimum atomic E-state index is -0.583. The van der Waals surface area contributed by atoms with Crippen molar-refractivity contribution >= 4 is 6.16 Å². The molecule has 38 heavy (non-hydrogen) atoms. The molecule has 4 aliphatic carbocycles. The summed E-state index contributed by atoms with van der Waals surface area (Å²) < 4.78 is 16.4. The molecule has 9 atom stereocenters. The van der Waals surface area contributed by atoms with E-state index < -0.39 is 12.3 Å². The van der Waals surface area contributed by atoms with Gasteiger partial charge < -0.3 is 19.0 Å². The van der Waals surface area contributed by atoms with Crippen molar-refractivity contribution in [3.63, 3.8) is 0 Å². The van der Waals surface area contributed by atoms with E-state index in [0.29, 0.717) is 42.6 Å². The highest BCUT2D eigenvalue weighted by Crippen LogP contribution is 2.69. The third-order valence-corrected chi connectivity index (χ3v) is 11.9. The van der Waals surface area contributed by atoms with Gasteiger partial charge in [0.15, 0.2) is 0 Å². The van der Waals surface area contributed by atoms with E-state index >= 15 is 0 Å². The fourth-order valence-electron chi connectivity index (χ4n) is 9.92. The van der Waals surface area contributed by atoms with Gasteiger partial charge in [-0.2, -0.15) is 0 Å². The smallest absolute Gasteiger partial charge is 0.433 e. The number of aliphatic hydroxyl groups is 1. The van der Waals surface area contributed by atoms with Crippen LogP contribution in [0.4, 0.5) is 4.79 Å². The number of fused-ring (bicyclic) bond motifs is 5. The minimum absolute atomic E-state index is 0.138. The average molecular weight is 528 g/mol. The number of carbonyl (C=O) groups excluding carboxylic acids is 1. The van der Waals surface area contributed by atoms with E-state index in [9.17, 15) is 14.7 Å². The Morgan fingerprint density at radius 2 is 1.89 bits per heavy atom. The largest absolute Gasteiger partial charge is 0.508 e. The molecule has 7 nitrogen and oxygen atoms in total. The number of hydrogen-bond acceptors (Lipinski definition) is 7. The molecule has 0 aromatic carbocycles. The molecular formula is C31H45NO6. The molecule has 1 aromatic rings. The highest BCUT2D eigenvalue weighted by atomic mass is 16.7. The molecule has 7 heteroatoms. The lowest BCUT2D eigenvalue weighted by Gasteiger charge is -2.62. The Bertz CT molecular complexity index is 1050. The fourth-order valence-corrected chi connectivity index (χ4v) is 9.92. The van der Waals surface area contributed by atoms with Gasteiger partial charge in [0.2, 0.25) is 0 Å². The summed E-state index contributed by atoms with van der Waals surface area (Å²) in [4.78, 5) is 26.3. The van der Waals surface area contributed by atoms with Crippen LogP contribution in [0.1, 0.15) is 89.5 Å². The second kappa shape index (κ2) is 10.3. The van der Waals surface area contributed by atoms with Crippen LogP contribution >= 0.6 is 0 Å². The van der Waals surface area contributed by atoms with Crippen LogP contribution < -0.4 is 5.63 Å². The van der Waals surface area contributed by atoms with Gasteiger partial charge in [-0.1, -0.05) is 13.8 Å². The summed E-state index contributed by atoms with van der Waals surface area (Å²) in [5, 5.41) is 11.6. The zero-order valence-electron chi connectivity index (χ0n) is 23.1. The summed E-state index contributed by atoms with van der Waals surface area (Å²) >= 11 is 0. The number of carbonyl (C=O) groups is 1. The topological polar surface area (TPSA) is 89.2 Å². The highest BCUT2D eigenvalue weighted by molar-refractivity contribution is 5.60. The van der Waals surface area contributed by atoms with Crippen molar-refractivity contribution in [2.45, 2.75) is 96.2 Å².